The highest BCUT2D eigenvalue weighted by Crippen LogP contribution is 2.04. The molecule has 0 radical (unpaired) electrons. The van der Waals surface area contributed by atoms with Gasteiger partial charge in [-0.15, -0.1) is 5.10 Å². The molecule has 0 aliphatic heterocycles. The second-order valence-corrected chi connectivity index (χ2v) is 3.73. The average molecular weight is 231 g/mol. The normalized spacial score (nSPS) is 10.2. The molecule has 1 amide bonds. The van der Waals surface area contributed by atoms with Gasteiger partial charge in [-0.25, -0.2) is 4.98 Å². The van der Waals surface area contributed by atoms with Gasteiger partial charge in [0.25, 0.3) is 5.91 Å². The maximum absolute atomic E-state index is 11.7. The lowest BCUT2D eigenvalue weighted by atomic mass is 10.1. The fourth-order valence-electron chi connectivity index (χ4n) is 1.40. The number of hydrogen-bond acceptors (Lipinski definition) is 4. The number of aryl methyl sites for hydroxylation is 2. The molecule has 0 aliphatic carbocycles. The smallest absolute Gasteiger partial charge is 0.291 e. The van der Waals surface area contributed by atoms with Crippen LogP contribution in [0.15, 0.2) is 18.5 Å². The molecule has 2 aromatic rings. The number of nitrogens with zero attached hydrogens (tertiary/aromatic N) is 3. The van der Waals surface area contributed by atoms with E-state index < -0.39 is 0 Å². The SMILES string of the molecule is Cc1nc(C(=O)NCc2ccncc2C)n[nH]1. The van der Waals surface area contributed by atoms with E-state index in [2.05, 4.69) is 25.5 Å². The fraction of sp³-hybridized carbons (Fsp3) is 0.273. The van der Waals surface area contributed by atoms with Gasteiger partial charge in [-0.1, -0.05) is 0 Å². The third-order valence-corrected chi connectivity index (χ3v) is 2.38. The lowest BCUT2D eigenvalue weighted by Gasteiger charge is -2.05. The van der Waals surface area contributed by atoms with E-state index in [1.807, 2.05) is 13.0 Å². The lowest BCUT2D eigenvalue weighted by Crippen LogP contribution is -2.24. The van der Waals surface area contributed by atoms with Crippen LogP contribution in [-0.2, 0) is 6.54 Å². The van der Waals surface area contributed by atoms with E-state index in [1.165, 1.54) is 0 Å². The number of carbonyl (C=O) groups excluding carboxylic acids is 1. The Labute approximate surface area is 98.5 Å². The van der Waals surface area contributed by atoms with Crippen molar-refractivity contribution in [3.05, 3.63) is 41.2 Å². The molecule has 2 rings (SSSR count). The quantitative estimate of drug-likeness (QED) is 0.816. The zero-order chi connectivity index (χ0) is 12.3. The van der Waals surface area contributed by atoms with Gasteiger partial charge >= 0.3 is 0 Å². The van der Waals surface area contributed by atoms with Gasteiger partial charge in [-0.3, -0.25) is 14.9 Å². The first kappa shape index (κ1) is 11.3. The van der Waals surface area contributed by atoms with Crippen LogP contribution in [0.5, 0.6) is 0 Å². The van der Waals surface area contributed by atoms with Gasteiger partial charge in [0.1, 0.15) is 5.82 Å². The van der Waals surface area contributed by atoms with Crippen molar-refractivity contribution in [2.75, 3.05) is 0 Å². The molecule has 0 spiro atoms. The van der Waals surface area contributed by atoms with Gasteiger partial charge in [0.15, 0.2) is 0 Å². The van der Waals surface area contributed by atoms with Gasteiger partial charge < -0.3 is 5.32 Å². The van der Waals surface area contributed by atoms with Crippen LogP contribution in [-0.4, -0.2) is 26.1 Å². The number of nitrogens with one attached hydrogen (secondary N) is 2. The molecule has 0 bridgehead atoms. The Kier molecular flexibility index (Phi) is 3.13. The maximum atomic E-state index is 11.7. The van der Waals surface area contributed by atoms with Crippen LogP contribution in [0, 0.1) is 13.8 Å². The summed E-state index contributed by atoms with van der Waals surface area (Å²) in [5.41, 5.74) is 2.07. The van der Waals surface area contributed by atoms with Crippen molar-refractivity contribution >= 4 is 5.91 Å². The molecule has 88 valence electrons. The molecular formula is C11H13N5O. The minimum absolute atomic E-state index is 0.161. The summed E-state index contributed by atoms with van der Waals surface area (Å²) >= 11 is 0. The summed E-state index contributed by atoms with van der Waals surface area (Å²) in [6.45, 7) is 4.14. The number of aromatic amines is 1. The number of amides is 1. The summed E-state index contributed by atoms with van der Waals surface area (Å²) in [6, 6.07) is 1.87. The second-order valence-electron chi connectivity index (χ2n) is 3.73. The predicted octanol–water partition coefficient (Wildman–Crippen LogP) is 0.747. The Morgan fingerprint density at radius 3 is 2.94 bits per heavy atom. The minimum Gasteiger partial charge on any atom is -0.345 e. The summed E-state index contributed by atoms with van der Waals surface area (Å²) < 4.78 is 0. The molecule has 0 atom stereocenters. The van der Waals surface area contributed by atoms with Crippen LogP contribution in [0.4, 0.5) is 0 Å². The van der Waals surface area contributed by atoms with Gasteiger partial charge in [0, 0.05) is 18.9 Å². The number of H-pyrrole nitrogens is 1. The molecule has 0 saturated carbocycles. The van der Waals surface area contributed by atoms with Crippen molar-refractivity contribution in [3.8, 4) is 0 Å². The molecule has 2 N–H and O–H groups in total. The van der Waals surface area contributed by atoms with E-state index in [0.29, 0.717) is 12.4 Å². The maximum Gasteiger partial charge on any atom is 0.291 e. The molecule has 0 aromatic carbocycles. The topological polar surface area (TPSA) is 83.6 Å². The molecule has 6 heteroatoms. The summed E-state index contributed by atoms with van der Waals surface area (Å²) in [6.07, 6.45) is 3.46. The van der Waals surface area contributed by atoms with Crippen LogP contribution in [0.2, 0.25) is 0 Å². The highest BCUT2D eigenvalue weighted by atomic mass is 16.2. The Morgan fingerprint density at radius 2 is 2.29 bits per heavy atom. The average Bonchev–Trinajstić information content (AvgIpc) is 2.74. The van der Waals surface area contributed by atoms with Crippen molar-refractivity contribution < 1.29 is 4.79 Å². The van der Waals surface area contributed by atoms with Crippen LogP contribution in [0.25, 0.3) is 0 Å². The van der Waals surface area contributed by atoms with Crippen molar-refractivity contribution in [3.63, 3.8) is 0 Å². The van der Waals surface area contributed by atoms with E-state index in [0.717, 1.165) is 11.1 Å². The van der Waals surface area contributed by atoms with Crippen LogP contribution >= 0.6 is 0 Å². The van der Waals surface area contributed by atoms with Crippen LogP contribution in [0.3, 0.4) is 0 Å². The first-order chi connectivity index (χ1) is 8.16. The number of pyridine rings is 1. The summed E-state index contributed by atoms with van der Waals surface area (Å²) in [4.78, 5) is 19.6. The zero-order valence-corrected chi connectivity index (χ0v) is 9.69. The second kappa shape index (κ2) is 4.73. The van der Waals surface area contributed by atoms with Crippen molar-refractivity contribution in [1.29, 1.82) is 0 Å². The molecule has 0 fully saturated rings. The predicted molar refractivity (Wildman–Crippen MR) is 61.3 cm³/mol. The van der Waals surface area contributed by atoms with Crippen molar-refractivity contribution in [2.45, 2.75) is 20.4 Å². The molecule has 6 nitrogen and oxygen atoms in total. The Balaban J connectivity index is 1.99. The molecule has 0 saturated heterocycles. The van der Waals surface area contributed by atoms with E-state index in [4.69, 9.17) is 0 Å². The van der Waals surface area contributed by atoms with Gasteiger partial charge in [0.2, 0.25) is 5.82 Å². The van der Waals surface area contributed by atoms with Crippen LogP contribution < -0.4 is 5.32 Å². The molecule has 0 unspecified atom stereocenters. The fourth-order valence-corrected chi connectivity index (χ4v) is 1.40. The Morgan fingerprint density at radius 1 is 1.47 bits per heavy atom. The van der Waals surface area contributed by atoms with E-state index in [9.17, 15) is 4.79 Å². The number of carbonyl (C=O) groups is 1. The number of aromatic nitrogens is 4. The van der Waals surface area contributed by atoms with Crippen LogP contribution in [0.1, 0.15) is 27.6 Å². The molecule has 0 aliphatic rings. The monoisotopic (exact) mass is 231 g/mol. The summed E-state index contributed by atoms with van der Waals surface area (Å²) in [7, 11) is 0. The third kappa shape index (κ3) is 2.66. The first-order valence-electron chi connectivity index (χ1n) is 5.23. The zero-order valence-electron chi connectivity index (χ0n) is 9.69. The number of rotatable bonds is 3. The first-order valence-corrected chi connectivity index (χ1v) is 5.23. The molecular weight excluding hydrogens is 218 g/mol. The van der Waals surface area contributed by atoms with Gasteiger partial charge in [-0.2, -0.15) is 0 Å². The summed E-state index contributed by atoms with van der Waals surface area (Å²) in [5.74, 6) is 0.495. The standard InChI is InChI=1S/C11H13N5O/c1-7-5-12-4-3-9(7)6-13-11(17)10-14-8(2)15-16-10/h3-5H,6H2,1-2H3,(H,13,17)(H,14,15,16). The van der Waals surface area contributed by atoms with E-state index in [1.54, 1.807) is 19.3 Å². The lowest BCUT2D eigenvalue weighted by molar-refractivity contribution is 0.0941. The molecule has 17 heavy (non-hydrogen) atoms. The van der Waals surface area contributed by atoms with Crippen molar-refractivity contribution in [2.24, 2.45) is 0 Å². The van der Waals surface area contributed by atoms with E-state index in [-0.39, 0.29) is 11.7 Å². The minimum atomic E-state index is -0.287. The van der Waals surface area contributed by atoms with Crippen molar-refractivity contribution in [1.82, 2.24) is 25.5 Å². The number of hydrogen-bond donors (Lipinski definition) is 2. The highest BCUT2D eigenvalue weighted by molar-refractivity contribution is 5.90. The summed E-state index contributed by atoms with van der Waals surface area (Å²) in [5, 5.41) is 9.17. The van der Waals surface area contributed by atoms with E-state index >= 15 is 0 Å². The Hall–Kier alpha value is -2.24. The molecule has 2 aromatic heterocycles. The third-order valence-electron chi connectivity index (χ3n) is 2.38. The molecule has 2 heterocycles. The largest absolute Gasteiger partial charge is 0.345 e. The highest BCUT2D eigenvalue weighted by Gasteiger charge is 2.10. The Bertz CT molecular complexity index is 534. The van der Waals surface area contributed by atoms with Gasteiger partial charge in [-0.05, 0) is 31.0 Å². The van der Waals surface area contributed by atoms with Gasteiger partial charge in [0.05, 0.1) is 0 Å².